The summed E-state index contributed by atoms with van der Waals surface area (Å²) in [6.07, 6.45) is 4.55. The highest BCUT2D eigenvalue weighted by atomic mass is 35.5. The molecule has 8 nitrogen and oxygen atoms in total. The first kappa shape index (κ1) is 24.4. The van der Waals surface area contributed by atoms with Crippen LogP contribution in [0.4, 0.5) is 21.6 Å². The van der Waals surface area contributed by atoms with Gasteiger partial charge < -0.3 is 25.0 Å². The molecule has 0 saturated carbocycles. The van der Waals surface area contributed by atoms with E-state index in [4.69, 9.17) is 21.1 Å². The first-order valence-corrected chi connectivity index (χ1v) is 10.5. The maximum atomic E-state index is 14.5. The molecule has 1 aromatic heterocycles. The fourth-order valence-corrected chi connectivity index (χ4v) is 3.14. The Balaban J connectivity index is 2.03. The molecule has 3 rings (SSSR count). The molecule has 0 aliphatic rings. The number of ether oxygens (including phenoxy) is 2. The fourth-order valence-electron chi connectivity index (χ4n) is 2.97. The molecule has 0 aliphatic carbocycles. The maximum Gasteiger partial charge on any atom is 0.248 e. The van der Waals surface area contributed by atoms with Gasteiger partial charge in [-0.1, -0.05) is 23.7 Å². The highest BCUT2D eigenvalue weighted by Gasteiger charge is 2.18. The van der Waals surface area contributed by atoms with E-state index in [2.05, 4.69) is 20.6 Å². The number of carbonyl (C=O) groups is 1. The molecule has 0 unspecified atom stereocenters. The molecule has 0 bridgehead atoms. The summed E-state index contributed by atoms with van der Waals surface area (Å²) in [5.74, 6) is -0.291. The molecule has 2 aromatic carbocycles. The number of carbonyl (C=O) groups excluding carboxylic acids is 1. The van der Waals surface area contributed by atoms with E-state index in [0.717, 1.165) is 0 Å². The molecule has 10 heteroatoms. The van der Waals surface area contributed by atoms with Crippen molar-refractivity contribution in [2.75, 3.05) is 51.6 Å². The lowest BCUT2D eigenvalue weighted by atomic mass is 10.1. The van der Waals surface area contributed by atoms with Gasteiger partial charge in [-0.3, -0.25) is 4.79 Å². The smallest absolute Gasteiger partial charge is 0.248 e. The number of amides is 1. The minimum absolute atomic E-state index is 0.0209. The third-order valence-electron chi connectivity index (χ3n) is 4.49. The standard InChI is InChI=1S/C23H25ClFN5O3/c1-30(2)11-5-8-19(31)28-18-10-9-16-20(22(18)33-13-12-32-3)23(27-14-26-16)29-17-7-4-6-15(24)21(17)25/h4-10,14H,11-13H2,1-3H3,(H,28,31)(H,26,27,29)/b8-5+. The second-order valence-corrected chi connectivity index (χ2v) is 7.69. The van der Waals surface area contributed by atoms with E-state index < -0.39 is 5.82 Å². The molecule has 3 aromatic rings. The third kappa shape index (κ3) is 6.38. The number of hydrogen-bond acceptors (Lipinski definition) is 7. The molecule has 0 atom stereocenters. The summed E-state index contributed by atoms with van der Waals surface area (Å²) in [4.78, 5) is 23.0. The van der Waals surface area contributed by atoms with Crippen molar-refractivity contribution in [3.63, 3.8) is 0 Å². The molecule has 2 N–H and O–H groups in total. The highest BCUT2D eigenvalue weighted by molar-refractivity contribution is 6.31. The Kier molecular flexibility index (Phi) is 8.53. The Morgan fingerprint density at radius 2 is 2.00 bits per heavy atom. The van der Waals surface area contributed by atoms with Crippen LogP contribution in [0.1, 0.15) is 0 Å². The number of anilines is 3. The van der Waals surface area contributed by atoms with Gasteiger partial charge in [-0.25, -0.2) is 14.4 Å². The summed E-state index contributed by atoms with van der Waals surface area (Å²) in [6, 6.07) is 8.04. The van der Waals surface area contributed by atoms with Gasteiger partial charge in [-0.15, -0.1) is 0 Å². The minimum atomic E-state index is -0.608. The van der Waals surface area contributed by atoms with E-state index in [0.29, 0.717) is 41.3 Å². The van der Waals surface area contributed by atoms with Crippen molar-refractivity contribution in [1.82, 2.24) is 14.9 Å². The van der Waals surface area contributed by atoms with Crippen LogP contribution < -0.4 is 15.4 Å². The largest absolute Gasteiger partial charge is 0.488 e. The Morgan fingerprint density at radius 1 is 1.18 bits per heavy atom. The number of benzene rings is 2. The third-order valence-corrected chi connectivity index (χ3v) is 4.78. The number of rotatable bonds is 10. The van der Waals surface area contributed by atoms with Crippen molar-refractivity contribution in [1.29, 1.82) is 0 Å². The normalized spacial score (nSPS) is 11.3. The van der Waals surface area contributed by atoms with Gasteiger partial charge in [0, 0.05) is 19.7 Å². The van der Waals surface area contributed by atoms with Crippen LogP contribution in [-0.4, -0.2) is 61.7 Å². The summed E-state index contributed by atoms with van der Waals surface area (Å²) in [5, 5.41) is 6.24. The van der Waals surface area contributed by atoms with E-state index in [1.807, 2.05) is 19.0 Å². The predicted octanol–water partition coefficient (Wildman–Crippen LogP) is 4.25. The quantitative estimate of drug-likeness (QED) is 0.336. The van der Waals surface area contributed by atoms with Gasteiger partial charge in [-0.2, -0.15) is 0 Å². The number of likely N-dealkylation sites (N-methyl/N-ethyl adjacent to an activating group) is 1. The lowest BCUT2D eigenvalue weighted by Crippen LogP contribution is -2.14. The van der Waals surface area contributed by atoms with Crippen molar-refractivity contribution >= 4 is 45.6 Å². The molecular weight excluding hydrogens is 449 g/mol. The number of methoxy groups -OCH3 is 1. The molecule has 0 fully saturated rings. The molecule has 33 heavy (non-hydrogen) atoms. The molecular formula is C23H25ClFN5O3. The van der Waals surface area contributed by atoms with Crippen LogP contribution in [0.25, 0.3) is 10.9 Å². The van der Waals surface area contributed by atoms with Crippen LogP contribution in [0.5, 0.6) is 5.75 Å². The first-order chi connectivity index (χ1) is 15.9. The van der Waals surface area contributed by atoms with E-state index in [-0.39, 0.29) is 23.2 Å². The SMILES string of the molecule is COCCOc1c(NC(=O)/C=C/CN(C)C)ccc2ncnc(Nc3cccc(Cl)c3F)c12. The second kappa shape index (κ2) is 11.6. The summed E-state index contributed by atoms with van der Waals surface area (Å²) >= 11 is 5.91. The van der Waals surface area contributed by atoms with Gasteiger partial charge in [-0.05, 0) is 38.4 Å². The molecule has 174 valence electrons. The van der Waals surface area contributed by atoms with Gasteiger partial charge in [0.05, 0.1) is 33.9 Å². The molecule has 0 aliphatic heterocycles. The Hall–Kier alpha value is -3.27. The van der Waals surface area contributed by atoms with E-state index in [1.54, 1.807) is 37.5 Å². The number of nitrogens with zero attached hydrogens (tertiary/aromatic N) is 3. The summed E-state index contributed by atoms with van der Waals surface area (Å²) in [7, 11) is 5.37. The lowest BCUT2D eigenvalue weighted by Gasteiger charge is -2.17. The topological polar surface area (TPSA) is 88.6 Å². The Morgan fingerprint density at radius 3 is 2.76 bits per heavy atom. The van der Waals surface area contributed by atoms with Crippen molar-refractivity contribution < 1.29 is 18.7 Å². The van der Waals surface area contributed by atoms with Crippen molar-refractivity contribution in [3.8, 4) is 5.75 Å². The Bertz CT molecular complexity index is 1160. The predicted molar refractivity (Wildman–Crippen MR) is 128 cm³/mol. The average Bonchev–Trinajstić information content (AvgIpc) is 2.78. The molecule has 1 amide bonds. The monoisotopic (exact) mass is 473 g/mol. The zero-order chi connectivity index (χ0) is 23.8. The second-order valence-electron chi connectivity index (χ2n) is 7.28. The summed E-state index contributed by atoms with van der Waals surface area (Å²) in [5.41, 5.74) is 1.11. The van der Waals surface area contributed by atoms with E-state index in [9.17, 15) is 9.18 Å². The molecule has 0 spiro atoms. The summed E-state index contributed by atoms with van der Waals surface area (Å²) in [6.45, 7) is 1.16. The van der Waals surface area contributed by atoms with Gasteiger partial charge in [0.1, 0.15) is 18.8 Å². The Labute approximate surface area is 196 Å². The minimum Gasteiger partial charge on any atom is -0.488 e. The van der Waals surface area contributed by atoms with Gasteiger partial charge >= 0.3 is 0 Å². The van der Waals surface area contributed by atoms with Crippen LogP contribution in [0, 0.1) is 5.82 Å². The number of halogens is 2. The van der Waals surface area contributed by atoms with Gasteiger partial charge in [0.15, 0.2) is 11.6 Å². The molecule has 0 saturated heterocycles. The maximum absolute atomic E-state index is 14.5. The van der Waals surface area contributed by atoms with Crippen molar-refractivity contribution in [2.45, 2.75) is 0 Å². The van der Waals surface area contributed by atoms with Gasteiger partial charge in [0.2, 0.25) is 5.91 Å². The number of hydrogen-bond donors (Lipinski definition) is 2. The molecule has 1 heterocycles. The zero-order valence-corrected chi connectivity index (χ0v) is 19.3. The van der Waals surface area contributed by atoms with Crippen molar-refractivity contribution in [3.05, 3.63) is 59.7 Å². The summed E-state index contributed by atoms with van der Waals surface area (Å²) < 4.78 is 25.6. The number of fused-ring (bicyclic) bond motifs is 1. The van der Waals surface area contributed by atoms with Crippen LogP contribution in [-0.2, 0) is 9.53 Å². The van der Waals surface area contributed by atoms with Gasteiger partial charge in [0.25, 0.3) is 0 Å². The average molecular weight is 474 g/mol. The van der Waals surface area contributed by atoms with Crippen LogP contribution >= 0.6 is 11.6 Å². The zero-order valence-electron chi connectivity index (χ0n) is 18.6. The lowest BCUT2D eigenvalue weighted by molar-refractivity contribution is -0.111. The highest BCUT2D eigenvalue weighted by Crippen LogP contribution is 2.38. The van der Waals surface area contributed by atoms with E-state index in [1.165, 1.54) is 18.5 Å². The van der Waals surface area contributed by atoms with Crippen LogP contribution in [0.3, 0.4) is 0 Å². The van der Waals surface area contributed by atoms with Crippen molar-refractivity contribution in [2.24, 2.45) is 0 Å². The fraction of sp³-hybridized carbons (Fsp3) is 0.261. The molecule has 0 radical (unpaired) electrons. The van der Waals surface area contributed by atoms with Crippen LogP contribution in [0.15, 0.2) is 48.8 Å². The first-order valence-electron chi connectivity index (χ1n) is 10.1. The number of nitrogens with one attached hydrogen (secondary N) is 2. The van der Waals surface area contributed by atoms with Crippen LogP contribution in [0.2, 0.25) is 5.02 Å². The van der Waals surface area contributed by atoms with E-state index >= 15 is 0 Å². The number of aromatic nitrogens is 2.